The van der Waals surface area contributed by atoms with E-state index in [1.54, 1.807) is 26.8 Å². The number of nitriles is 1. The normalized spacial score (nSPS) is 18.6. The Bertz CT molecular complexity index is 1170. The Morgan fingerprint density at radius 3 is 2.62 bits per heavy atom. The van der Waals surface area contributed by atoms with Crippen LogP contribution in [0.3, 0.4) is 0 Å². The van der Waals surface area contributed by atoms with Gasteiger partial charge in [0.2, 0.25) is 17.7 Å². The van der Waals surface area contributed by atoms with Gasteiger partial charge in [-0.05, 0) is 36.1 Å². The summed E-state index contributed by atoms with van der Waals surface area (Å²) in [5.41, 5.74) is 10.3. The number of nitrogens with one attached hydrogen (secondary N) is 1. The Labute approximate surface area is 182 Å². The molecule has 1 aliphatic heterocycles. The average Bonchev–Trinajstić information content (AvgIpc) is 3.06. The van der Waals surface area contributed by atoms with E-state index in [2.05, 4.69) is 10.2 Å². The van der Waals surface area contributed by atoms with E-state index in [1.807, 2.05) is 6.07 Å². The molecule has 0 aliphatic carbocycles. The van der Waals surface area contributed by atoms with E-state index in [0.717, 1.165) is 12.1 Å². The lowest BCUT2D eigenvalue weighted by Gasteiger charge is -2.41. The van der Waals surface area contributed by atoms with E-state index in [0.29, 0.717) is 11.3 Å². The van der Waals surface area contributed by atoms with E-state index in [1.165, 1.54) is 12.2 Å². The van der Waals surface area contributed by atoms with Gasteiger partial charge in [-0.3, -0.25) is 9.89 Å². The third-order valence-electron chi connectivity index (χ3n) is 5.50. The fourth-order valence-electron chi connectivity index (χ4n) is 4.21. The third-order valence-corrected chi connectivity index (χ3v) is 5.50. The monoisotopic (exact) mass is 445 g/mol. The maximum Gasteiger partial charge on any atom is 0.416 e. The van der Waals surface area contributed by atoms with Crippen LogP contribution in [0.2, 0.25) is 0 Å². The first kappa shape index (κ1) is 22.9. The smallest absolute Gasteiger partial charge is 0.416 e. The molecule has 2 aromatic rings. The van der Waals surface area contributed by atoms with E-state index in [-0.39, 0.29) is 34.9 Å². The van der Waals surface area contributed by atoms with Gasteiger partial charge < -0.3 is 16.2 Å². The van der Waals surface area contributed by atoms with Crippen LogP contribution in [0.4, 0.5) is 13.2 Å². The number of amides is 1. The van der Waals surface area contributed by atoms with Crippen LogP contribution in [0.5, 0.6) is 5.88 Å². The number of aromatic nitrogens is 2. The van der Waals surface area contributed by atoms with Crippen molar-refractivity contribution in [1.29, 1.82) is 5.26 Å². The minimum Gasteiger partial charge on any atom is -0.420 e. The van der Waals surface area contributed by atoms with Gasteiger partial charge in [-0.15, -0.1) is 5.10 Å². The maximum atomic E-state index is 13.8. The van der Waals surface area contributed by atoms with Crippen molar-refractivity contribution in [3.8, 4) is 11.9 Å². The van der Waals surface area contributed by atoms with Gasteiger partial charge in [-0.25, -0.2) is 0 Å². The number of primary amides is 1. The number of aryl methyl sites for hydroxylation is 1. The van der Waals surface area contributed by atoms with Crippen molar-refractivity contribution in [1.82, 2.24) is 10.2 Å². The minimum absolute atomic E-state index is 0.00381. The number of aromatic amines is 1. The zero-order valence-electron chi connectivity index (χ0n) is 17.7. The Morgan fingerprint density at radius 2 is 2.06 bits per heavy atom. The highest BCUT2D eigenvalue weighted by molar-refractivity contribution is 5.76. The molecule has 0 radical (unpaired) electrons. The molecule has 1 amide bonds. The zero-order valence-corrected chi connectivity index (χ0v) is 17.7. The van der Waals surface area contributed by atoms with Crippen molar-refractivity contribution >= 4 is 12.0 Å². The molecule has 32 heavy (non-hydrogen) atoms. The van der Waals surface area contributed by atoms with Crippen LogP contribution in [0.15, 0.2) is 35.7 Å². The van der Waals surface area contributed by atoms with Crippen LogP contribution in [0.1, 0.15) is 48.2 Å². The fraction of sp³-hybridized carbons (Fsp3) is 0.318. The summed E-state index contributed by atoms with van der Waals surface area (Å²) < 4.78 is 47.0. The number of nitrogens with zero attached hydrogens (tertiary/aromatic N) is 2. The number of H-pyrrole nitrogens is 1. The van der Waals surface area contributed by atoms with E-state index < -0.39 is 29.0 Å². The molecule has 0 spiro atoms. The van der Waals surface area contributed by atoms with Crippen molar-refractivity contribution in [3.63, 3.8) is 0 Å². The largest absolute Gasteiger partial charge is 0.420 e. The number of rotatable bonds is 5. The van der Waals surface area contributed by atoms with Crippen LogP contribution in [0.25, 0.3) is 6.08 Å². The number of hydrogen-bond acceptors (Lipinski definition) is 5. The maximum absolute atomic E-state index is 13.8. The number of carbonyl (C=O) groups is 1. The third kappa shape index (κ3) is 3.70. The summed E-state index contributed by atoms with van der Waals surface area (Å²) in [6, 6.07) is 5.57. The first-order chi connectivity index (χ1) is 14.9. The Kier molecular flexibility index (Phi) is 5.78. The van der Waals surface area contributed by atoms with Crippen molar-refractivity contribution in [2.45, 2.75) is 38.8 Å². The van der Waals surface area contributed by atoms with Gasteiger partial charge >= 0.3 is 6.18 Å². The lowest BCUT2D eigenvalue weighted by molar-refractivity contribution is -0.137. The number of fused-ring (bicyclic) bond motifs is 1. The number of carbonyl (C=O) groups excluding carboxylic acids is 1. The topological polar surface area (TPSA) is 131 Å². The van der Waals surface area contributed by atoms with Crippen molar-refractivity contribution in [2.75, 3.05) is 0 Å². The van der Waals surface area contributed by atoms with Gasteiger partial charge in [-0.1, -0.05) is 32.1 Å². The van der Waals surface area contributed by atoms with Crippen LogP contribution < -0.4 is 16.2 Å². The van der Waals surface area contributed by atoms with Gasteiger partial charge in [0, 0.05) is 12.1 Å². The first-order valence-electron chi connectivity index (χ1n) is 9.74. The van der Waals surface area contributed by atoms with Gasteiger partial charge in [0.25, 0.3) is 0 Å². The molecule has 0 saturated heterocycles. The molecule has 5 N–H and O–H groups in total. The van der Waals surface area contributed by atoms with Crippen LogP contribution in [0, 0.1) is 24.2 Å². The number of allylic oxidation sites excluding steroid dienone is 1. The highest BCUT2D eigenvalue weighted by atomic mass is 19.4. The van der Waals surface area contributed by atoms with E-state index in [9.17, 15) is 23.2 Å². The Morgan fingerprint density at radius 1 is 1.38 bits per heavy atom. The van der Waals surface area contributed by atoms with Crippen LogP contribution in [-0.4, -0.2) is 16.1 Å². The lowest BCUT2D eigenvalue weighted by Crippen LogP contribution is -2.41. The van der Waals surface area contributed by atoms with Crippen LogP contribution in [-0.2, 0) is 16.4 Å². The molecule has 10 heteroatoms. The van der Waals surface area contributed by atoms with E-state index in [4.69, 9.17) is 16.2 Å². The quantitative estimate of drug-likeness (QED) is 0.647. The zero-order chi connectivity index (χ0) is 23.8. The molecule has 2 heterocycles. The molecular weight excluding hydrogens is 423 g/mol. The van der Waals surface area contributed by atoms with Crippen molar-refractivity contribution in [3.05, 3.63) is 63.7 Å². The Hall–Kier alpha value is -3.74. The van der Waals surface area contributed by atoms with E-state index >= 15 is 0 Å². The summed E-state index contributed by atoms with van der Waals surface area (Å²) in [4.78, 5) is 11.0. The summed E-state index contributed by atoms with van der Waals surface area (Å²) in [6.45, 7) is 5.27. The average molecular weight is 445 g/mol. The lowest BCUT2D eigenvalue weighted by atomic mass is 9.61. The second-order valence-electron chi connectivity index (χ2n) is 7.86. The summed E-state index contributed by atoms with van der Waals surface area (Å²) in [6.07, 6.45) is -2.01. The summed E-state index contributed by atoms with van der Waals surface area (Å²) >= 11 is 0. The molecule has 0 saturated carbocycles. The molecule has 1 aromatic carbocycles. The van der Waals surface area contributed by atoms with Gasteiger partial charge in [0.05, 0.1) is 16.5 Å². The Balaban J connectivity index is 2.40. The SMILES string of the molecule is Cc1[nH]nc2c1C(c1cc(/C=C/CC(N)=O)cc(C(F)(F)F)c1)(C(C)C)C(C#N)=C(N)O2. The van der Waals surface area contributed by atoms with Gasteiger partial charge in [0.15, 0.2) is 0 Å². The molecular formula is C22H22F3N5O2. The molecule has 168 valence electrons. The van der Waals surface area contributed by atoms with Gasteiger partial charge in [-0.2, -0.15) is 18.4 Å². The minimum atomic E-state index is -4.65. The number of nitrogens with two attached hydrogens (primary N) is 2. The molecule has 3 rings (SSSR count). The summed E-state index contributed by atoms with van der Waals surface area (Å²) in [5, 5.41) is 16.8. The second-order valence-corrected chi connectivity index (χ2v) is 7.86. The number of halogens is 3. The number of ether oxygens (including phenoxy) is 1. The molecule has 1 aliphatic rings. The molecule has 0 fully saturated rings. The predicted octanol–water partition coefficient (Wildman–Crippen LogP) is 3.65. The highest BCUT2D eigenvalue weighted by Crippen LogP contribution is 2.53. The van der Waals surface area contributed by atoms with Crippen molar-refractivity contribution in [2.24, 2.45) is 17.4 Å². The molecule has 1 aromatic heterocycles. The molecule has 7 nitrogen and oxygen atoms in total. The first-order valence-corrected chi connectivity index (χ1v) is 9.74. The fourth-order valence-corrected chi connectivity index (χ4v) is 4.21. The second kappa shape index (κ2) is 8.07. The molecule has 0 bridgehead atoms. The van der Waals surface area contributed by atoms with Crippen molar-refractivity contribution < 1.29 is 22.7 Å². The number of benzene rings is 1. The van der Waals surface area contributed by atoms with Gasteiger partial charge in [0.1, 0.15) is 11.6 Å². The number of alkyl halides is 3. The highest BCUT2D eigenvalue weighted by Gasteiger charge is 2.51. The summed E-state index contributed by atoms with van der Waals surface area (Å²) in [5.74, 6) is -1.13. The summed E-state index contributed by atoms with van der Waals surface area (Å²) in [7, 11) is 0. The molecule has 1 unspecified atom stereocenters. The number of hydrogen-bond donors (Lipinski definition) is 3. The predicted molar refractivity (Wildman–Crippen MR) is 111 cm³/mol. The van der Waals surface area contributed by atoms with Crippen LogP contribution >= 0.6 is 0 Å². The molecule has 1 atom stereocenters. The standard InChI is InChI=1S/C22H22F3N5O2/c1-11(2)21(16(10-26)19(28)32-20-18(21)12(3)29-30-20)14-7-13(5-4-6-17(27)31)8-15(9-14)22(23,24)25/h4-5,7-9,11H,6,28H2,1-3H3,(H2,27,31)(H,29,30)/b5-4+.